The molecule has 0 N–H and O–H groups in total. The standard InChI is InChI=1S/C26H30BrNO6/c1-16(2)25(30)33-21-9-6-18(7-10-21)12-22(23(29)15-32-5)28-14-19-13-20(27)8-11-24(19)34-26(31)17(3)4/h6-11,13-14,16-17,22H,12,15H2,1-5H3. The van der Waals surface area contributed by atoms with E-state index in [1.165, 1.54) is 13.3 Å². The first-order valence-corrected chi connectivity index (χ1v) is 11.8. The van der Waals surface area contributed by atoms with Crippen molar-refractivity contribution in [1.82, 2.24) is 0 Å². The Morgan fingerprint density at radius 1 is 0.941 bits per heavy atom. The average molecular weight is 532 g/mol. The van der Waals surface area contributed by atoms with Crippen LogP contribution in [0.25, 0.3) is 0 Å². The first kappa shape index (κ1) is 27.4. The second-order valence-electron chi connectivity index (χ2n) is 8.38. The van der Waals surface area contributed by atoms with E-state index >= 15 is 0 Å². The number of ether oxygens (including phenoxy) is 3. The molecule has 2 aromatic carbocycles. The zero-order chi connectivity index (χ0) is 25.3. The minimum Gasteiger partial charge on any atom is -0.426 e. The number of methoxy groups -OCH3 is 1. The Kier molecular flexibility index (Phi) is 10.6. The number of rotatable bonds is 11. The van der Waals surface area contributed by atoms with Crippen LogP contribution in [0.5, 0.6) is 11.5 Å². The van der Waals surface area contributed by atoms with Crippen molar-refractivity contribution >= 4 is 39.9 Å². The number of esters is 2. The Morgan fingerprint density at radius 3 is 2.15 bits per heavy atom. The Bertz CT molecular complexity index is 1030. The van der Waals surface area contributed by atoms with Gasteiger partial charge in [-0.2, -0.15) is 0 Å². The molecular formula is C26H30BrNO6. The van der Waals surface area contributed by atoms with Crippen LogP contribution in [0, 0.1) is 11.8 Å². The molecule has 0 aliphatic carbocycles. The summed E-state index contributed by atoms with van der Waals surface area (Å²) in [7, 11) is 1.45. The number of hydrogen-bond acceptors (Lipinski definition) is 7. The summed E-state index contributed by atoms with van der Waals surface area (Å²) in [5.41, 5.74) is 1.41. The van der Waals surface area contributed by atoms with Gasteiger partial charge in [0, 0.05) is 29.8 Å². The first-order valence-electron chi connectivity index (χ1n) is 11.0. The normalized spacial score (nSPS) is 12.2. The molecule has 1 unspecified atom stereocenters. The lowest BCUT2D eigenvalue weighted by Crippen LogP contribution is -2.25. The van der Waals surface area contributed by atoms with E-state index in [1.807, 2.05) is 0 Å². The molecule has 0 spiro atoms. The lowest BCUT2D eigenvalue weighted by molar-refractivity contribution is -0.138. The molecule has 0 bridgehead atoms. The van der Waals surface area contributed by atoms with Crippen molar-refractivity contribution in [2.24, 2.45) is 16.8 Å². The molecule has 0 aliphatic heterocycles. The monoisotopic (exact) mass is 531 g/mol. The number of hydrogen-bond donors (Lipinski definition) is 0. The maximum absolute atomic E-state index is 12.7. The molecule has 2 aromatic rings. The minimum absolute atomic E-state index is 0.0836. The predicted octanol–water partition coefficient (Wildman–Crippen LogP) is 4.82. The van der Waals surface area contributed by atoms with Crippen LogP contribution in [0.15, 0.2) is 51.9 Å². The number of carbonyl (C=O) groups excluding carboxylic acids is 3. The van der Waals surface area contributed by atoms with Gasteiger partial charge in [0.15, 0.2) is 5.78 Å². The number of nitrogens with zero attached hydrogens (tertiary/aromatic N) is 1. The lowest BCUT2D eigenvalue weighted by atomic mass is 10.0. The third kappa shape index (κ3) is 8.50. The molecule has 0 amide bonds. The average Bonchev–Trinajstić information content (AvgIpc) is 2.79. The predicted molar refractivity (Wildman–Crippen MR) is 133 cm³/mol. The molecule has 8 heteroatoms. The van der Waals surface area contributed by atoms with Crippen molar-refractivity contribution in [3.63, 3.8) is 0 Å². The Morgan fingerprint density at radius 2 is 1.56 bits per heavy atom. The quantitative estimate of drug-likeness (QED) is 0.234. The summed E-state index contributed by atoms with van der Waals surface area (Å²) in [5, 5.41) is 0. The highest BCUT2D eigenvalue weighted by Gasteiger charge is 2.19. The SMILES string of the molecule is COCC(=O)C(Cc1ccc(OC(=O)C(C)C)cc1)N=Cc1cc(Br)ccc1OC(=O)C(C)C. The van der Waals surface area contributed by atoms with Crippen molar-refractivity contribution in [1.29, 1.82) is 0 Å². The second-order valence-corrected chi connectivity index (χ2v) is 9.29. The van der Waals surface area contributed by atoms with E-state index in [1.54, 1.807) is 70.2 Å². The summed E-state index contributed by atoms with van der Waals surface area (Å²) in [6.45, 7) is 6.95. The summed E-state index contributed by atoms with van der Waals surface area (Å²) < 4.78 is 16.6. The summed E-state index contributed by atoms with van der Waals surface area (Å²) in [5.74, 6) is -0.572. The van der Waals surface area contributed by atoms with Gasteiger partial charge in [-0.3, -0.25) is 19.4 Å². The molecule has 2 rings (SSSR count). The van der Waals surface area contributed by atoms with Crippen LogP contribution in [-0.4, -0.2) is 43.7 Å². The summed E-state index contributed by atoms with van der Waals surface area (Å²) >= 11 is 3.41. The van der Waals surface area contributed by atoms with E-state index in [0.717, 1.165) is 10.0 Å². The first-order chi connectivity index (χ1) is 16.1. The number of ketones is 1. The third-order valence-corrected chi connectivity index (χ3v) is 5.24. The maximum atomic E-state index is 12.7. The zero-order valence-electron chi connectivity index (χ0n) is 20.0. The van der Waals surface area contributed by atoms with E-state index in [2.05, 4.69) is 20.9 Å². The van der Waals surface area contributed by atoms with Crippen LogP contribution < -0.4 is 9.47 Å². The fourth-order valence-electron chi connectivity index (χ4n) is 2.75. The van der Waals surface area contributed by atoms with E-state index in [-0.39, 0.29) is 36.2 Å². The van der Waals surface area contributed by atoms with Crippen LogP contribution in [0.3, 0.4) is 0 Å². The van der Waals surface area contributed by atoms with E-state index in [4.69, 9.17) is 14.2 Å². The van der Waals surface area contributed by atoms with Gasteiger partial charge in [0.1, 0.15) is 24.1 Å². The van der Waals surface area contributed by atoms with E-state index < -0.39 is 6.04 Å². The summed E-state index contributed by atoms with van der Waals surface area (Å²) in [6, 6.07) is 11.5. The zero-order valence-corrected chi connectivity index (χ0v) is 21.6. The van der Waals surface area contributed by atoms with Crippen molar-refractivity contribution in [2.45, 2.75) is 40.2 Å². The molecule has 0 radical (unpaired) electrons. The highest BCUT2D eigenvalue weighted by atomic mass is 79.9. The molecule has 182 valence electrons. The van der Waals surface area contributed by atoms with Gasteiger partial charge in [0.25, 0.3) is 0 Å². The topological polar surface area (TPSA) is 91.3 Å². The Balaban J connectivity index is 2.24. The van der Waals surface area contributed by atoms with Crippen LogP contribution in [0.2, 0.25) is 0 Å². The van der Waals surface area contributed by atoms with Gasteiger partial charge in [-0.25, -0.2) is 0 Å². The van der Waals surface area contributed by atoms with Gasteiger partial charge in [-0.15, -0.1) is 0 Å². The highest BCUT2D eigenvalue weighted by molar-refractivity contribution is 9.10. The highest BCUT2D eigenvalue weighted by Crippen LogP contribution is 2.23. The van der Waals surface area contributed by atoms with E-state index in [0.29, 0.717) is 23.5 Å². The number of benzene rings is 2. The Hall–Kier alpha value is -2.84. The number of carbonyl (C=O) groups is 3. The van der Waals surface area contributed by atoms with Gasteiger partial charge in [-0.05, 0) is 35.9 Å². The molecule has 1 atom stereocenters. The van der Waals surface area contributed by atoms with Gasteiger partial charge < -0.3 is 14.2 Å². The molecule has 0 fully saturated rings. The molecule has 7 nitrogen and oxygen atoms in total. The fraction of sp³-hybridized carbons (Fsp3) is 0.385. The van der Waals surface area contributed by atoms with Crippen LogP contribution in [0.4, 0.5) is 0 Å². The smallest absolute Gasteiger partial charge is 0.313 e. The maximum Gasteiger partial charge on any atom is 0.313 e. The van der Waals surface area contributed by atoms with Gasteiger partial charge in [0.2, 0.25) is 0 Å². The lowest BCUT2D eigenvalue weighted by Gasteiger charge is -2.13. The van der Waals surface area contributed by atoms with Crippen LogP contribution in [-0.2, 0) is 25.5 Å². The molecule has 0 aromatic heterocycles. The number of Topliss-reactive ketones (excluding diaryl/α,β-unsaturated/α-hetero) is 1. The van der Waals surface area contributed by atoms with Crippen LogP contribution in [0.1, 0.15) is 38.8 Å². The van der Waals surface area contributed by atoms with Crippen molar-refractivity contribution in [3.8, 4) is 11.5 Å². The minimum atomic E-state index is -0.711. The number of aliphatic imine (C=N–C) groups is 1. The van der Waals surface area contributed by atoms with Crippen LogP contribution >= 0.6 is 15.9 Å². The van der Waals surface area contributed by atoms with Gasteiger partial charge >= 0.3 is 11.9 Å². The summed E-state index contributed by atoms with van der Waals surface area (Å²) in [6.07, 6.45) is 1.86. The molecular weight excluding hydrogens is 502 g/mol. The second kappa shape index (κ2) is 13.2. The largest absolute Gasteiger partial charge is 0.426 e. The molecule has 34 heavy (non-hydrogen) atoms. The van der Waals surface area contributed by atoms with Gasteiger partial charge in [-0.1, -0.05) is 55.8 Å². The molecule has 0 saturated heterocycles. The van der Waals surface area contributed by atoms with Crippen molar-refractivity contribution in [2.75, 3.05) is 13.7 Å². The van der Waals surface area contributed by atoms with Crippen molar-refractivity contribution in [3.05, 3.63) is 58.1 Å². The molecule has 0 aliphatic rings. The fourth-order valence-corrected chi connectivity index (χ4v) is 3.13. The summed E-state index contributed by atoms with van der Waals surface area (Å²) in [4.78, 5) is 41.0. The van der Waals surface area contributed by atoms with E-state index in [9.17, 15) is 14.4 Å². The molecule has 0 saturated carbocycles. The number of halogens is 1. The Labute approximate surface area is 208 Å². The van der Waals surface area contributed by atoms with Crippen molar-refractivity contribution < 1.29 is 28.6 Å². The van der Waals surface area contributed by atoms with Gasteiger partial charge in [0.05, 0.1) is 11.8 Å². The third-order valence-electron chi connectivity index (χ3n) is 4.75. The molecule has 0 heterocycles.